The second-order valence-corrected chi connectivity index (χ2v) is 14.1. The van der Waals surface area contributed by atoms with Gasteiger partial charge in [0.25, 0.3) is 31.4 Å². The standard InChI is InChI=1S/C35H29N5O11S2/c1-50-34(43)22-12-3-5-14-24(22)38-52(46,47)30-20-9-7-16-26(30)36-32(41)28-18-11-19-29(40(28)45)33(42)37-27-17-8-10-21-31(27)53(48,49)39-25-15-6-4-13-23(25)35(44)51-2/h3-21,38-39H,1-2H3,(H,36,41)(H,37,42). The Balaban J connectivity index is 1.39. The summed E-state index contributed by atoms with van der Waals surface area (Å²) in [5.74, 6) is -3.78. The number of sulfonamides is 2. The number of amides is 2. The van der Waals surface area contributed by atoms with E-state index in [-0.39, 0.29) is 38.6 Å². The first-order valence-electron chi connectivity index (χ1n) is 15.2. The quantitative estimate of drug-likeness (QED) is 0.0807. The lowest BCUT2D eigenvalue weighted by Gasteiger charge is -2.15. The molecule has 272 valence electrons. The van der Waals surface area contributed by atoms with Gasteiger partial charge in [-0.3, -0.25) is 19.0 Å². The summed E-state index contributed by atoms with van der Waals surface area (Å²) in [4.78, 5) is 50.3. The molecule has 0 aliphatic carbocycles. The first-order valence-corrected chi connectivity index (χ1v) is 18.2. The minimum absolute atomic E-state index is 0.00535. The molecule has 0 atom stereocenters. The van der Waals surface area contributed by atoms with Gasteiger partial charge in [0, 0.05) is 12.1 Å². The Bertz CT molecular complexity index is 2300. The molecule has 0 aliphatic heterocycles. The summed E-state index contributed by atoms with van der Waals surface area (Å²) in [5, 5.41) is 18.1. The summed E-state index contributed by atoms with van der Waals surface area (Å²) in [5.41, 5.74) is -2.02. The predicted molar refractivity (Wildman–Crippen MR) is 191 cm³/mol. The van der Waals surface area contributed by atoms with Crippen molar-refractivity contribution in [3.05, 3.63) is 143 Å². The summed E-state index contributed by atoms with van der Waals surface area (Å²) in [6.45, 7) is 0. The second kappa shape index (κ2) is 15.6. The molecular formula is C35H29N5O11S2. The zero-order valence-electron chi connectivity index (χ0n) is 27.7. The summed E-state index contributed by atoms with van der Waals surface area (Å²) in [6, 6.07) is 25.3. The van der Waals surface area contributed by atoms with Crippen LogP contribution in [0.3, 0.4) is 0 Å². The van der Waals surface area contributed by atoms with Crippen molar-refractivity contribution >= 4 is 66.5 Å². The van der Waals surface area contributed by atoms with Crippen LogP contribution in [0.5, 0.6) is 0 Å². The Morgan fingerprint density at radius 1 is 0.509 bits per heavy atom. The normalized spacial score (nSPS) is 11.1. The lowest BCUT2D eigenvalue weighted by atomic mass is 10.2. The van der Waals surface area contributed by atoms with E-state index in [9.17, 15) is 41.2 Å². The van der Waals surface area contributed by atoms with Gasteiger partial charge in [0.15, 0.2) is 0 Å². The van der Waals surface area contributed by atoms with E-state index >= 15 is 0 Å². The van der Waals surface area contributed by atoms with Crippen molar-refractivity contribution in [1.29, 1.82) is 0 Å². The number of anilines is 4. The maximum atomic E-state index is 13.4. The highest BCUT2D eigenvalue weighted by Crippen LogP contribution is 2.28. The zero-order valence-corrected chi connectivity index (χ0v) is 29.4. The molecule has 1 heterocycles. The average molecular weight is 760 g/mol. The van der Waals surface area contributed by atoms with Crippen LogP contribution in [-0.2, 0) is 29.5 Å². The first kappa shape index (κ1) is 37.5. The van der Waals surface area contributed by atoms with Crippen LogP contribution in [0.2, 0.25) is 0 Å². The summed E-state index contributed by atoms with van der Waals surface area (Å²) in [6.07, 6.45) is 0. The second-order valence-electron chi connectivity index (χ2n) is 10.8. The molecule has 0 saturated heterocycles. The number of aromatic nitrogens is 1. The number of carbonyl (C=O) groups excluding carboxylic acids is 4. The number of hydrogen-bond donors (Lipinski definition) is 4. The van der Waals surface area contributed by atoms with Crippen molar-refractivity contribution in [3.63, 3.8) is 0 Å². The van der Waals surface area contributed by atoms with Crippen LogP contribution in [0, 0.1) is 5.21 Å². The fourth-order valence-corrected chi connectivity index (χ4v) is 7.42. The van der Waals surface area contributed by atoms with Crippen molar-refractivity contribution in [1.82, 2.24) is 0 Å². The zero-order chi connectivity index (χ0) is 38.3. The Morgan fingerprint density at radius 3 is 1.23 bits per heavy atom. The van der Waals surface area contributed by atoms with Gasteiger partial charge in [-0.2, -0.15) is 4.73 Å². The number of esters is 2. The van der Waals surface area contributed by atoms with E-state index in [1.165, 1.54) is 103 Å². The average Bonchev–Trinajstić information content (AvgIpc) is 3.14. The molecule has 53 heavy (non-hydrogen) atoms. The molecule has 4 aromatic carbocycles. The molecule has 0 fully saturated rings. The monoisotopic (exact) mass is 759 g/mol. The minimum atomic E-state index is -4.45. The highest BCUT2D eigenvalue weighted by atomic mass is 32.2. The van der Waals surface area contributed by atoms with E-state index in [0.717, 1.165) is 26.4 Å². The fraction of sp³-hybridized carbons (Fsp3) is 0.0571. The molecule has 18 heteroatoms. The van der Waals surface area contributed by atoms with Gasteiger partial charge in [-0.1, -0.05) is 48.5 Å². The molecule has 0 bridgehead atoms. The van der Waals surface area contributed by atoms with Gasteiger partial charge in [0.2, 0.25) is 0 Å². The molecule has 0 aliphatic rings. The summed E-state index contributed by atoms with van der Waals surface area (Å²) in [7, 11) is -6.62. The van der Waals surface area contributed by atoms with Crippen LogP contribution in [0.1, 0.15) is 41.7 Å². The van der Waals surface area contributed by atoms with Gasteiger partial charge in [0.1, 0.15) is 9.79 Å². The van der Waals surface area contributed by atoms with Crippen molar-refractivity contribution in [2.45, 2.75) is 9.79 Å². The number of hydrogen-bond acceptors (Lipinski definition) is 11. The number of methoxy groups -OCH3 is 2. The Morgan fingerprint density at radius 2 is 0.849 bits per heavy atom. The van der Waals surface area contributed by atoms with Crippen LogP contribution in [-0.4, -0.2) is 54.8 Å². The molecule has 5 aromatic rings. The molecule has 16 nitrogen and oxygen atoms in total. The van der Waals surface area contributed by atoms with E-state index < -0.39 is 65.0 Å². The third-order valence-electron chi connectivity index (χ3n) is 7.41. The smallest absolute Gasteiger partial charge is 0.339 e. The molecule has 1 aromatic heterocycles. The van der Waals surface area contributed by atoms with Crippen LogP contribution in [0.25, 0.3) is 0 Å². The van der Waals surface area contributed by atoms with Gasteiger partial charge in [-0.05, 0) is 54.6 Å². The molecule has 0 unspecified atom stereocenters. The fourth-order valence-electron chi connectivity index (χ4n) is 4.93. The van der Waals surface area contributed by atoms with Crippen molar-refractivity contribution in [2.24, 2.45) is 0 Å². The van der Waals surface area contributed by atoms with E-state index in [2.05, 4.69) is 20.1 Å². The van der Waals surface area contributed by atoms with E-state index in [0.29, 0.717) is 0 Å². The van der Waals surface area contributed by atoms with Gasteiger partial charge < -0.3 is 25.3 Å². The lowest BCUT2D eigenvalue weighted by Crippen LogP contribution is -2.43. The predicted octanol–water partition coefficient (Wildman–Crippen LogP) is 4.00. The first-order chi connectivity index (χ1) is 25.3. The lowest BCUT2D eigenvalue weighted by molar-refractivity contribution is -0.609. The Kier molecular flexibility index (Phi) is 11.0. The number of benzene rings is 4. The molecular weight excluding hydrogens is 731 g/mol. The largest absolute Gasteiger partial charge is 0.618 e. The van der Waals surface area contributed by atoms with Crippen LogP contribution in [0.15, 0.2) is 125 Å². The summed E-state index contributed by atoms with van der Waals surface area (Å²) >= 11 is 0. The molecule has 0 spiro atoms. The van der Waals surface area contributed by atoms with Crippen molar-refractivity contribution in [3.8, 4) is 0 Å². The van der Waals surface area contributed by atoms with E-state index in [1.54, 1.807) is 0 Å². The van der Waals surface area contributed by atoms with E-state index in [1.807, 2.05) is 0 Å². The van der Waals surface area contributed by atoms with Gasteiger partial charge in [-0.25, -0.2) is 26.4 Å². The maximum absolute atomic E-state index is 13.4. The number of ether oxygens (including phenoxy) is 2. The molecule has 2 amide bonds. The number of rotatable bonds is 12. The van der Waals surface area contributed by atoms with Crippen LogP contribution in [0.4, 0.5) is 22.7 Å². The highest BCUT2D eigenvalue weighted by molar-refractivity contribution is 7.93. The number of nitrogens with zero attached hydrogens (tertiary/aromatic N) is 1. The SMILES string of the molecule is COC(=O)c1ccccc1NS(=O)(=O)c1ccccc1NC(=O)c1cccc(C(=O)Nc2ccccc2S(=O)(=O)Nc2ccccc2C(=O)OC)[n+]1[O-]. The van der Waals surface area contributed by atoms with Gasteiger partial charge in [-0.15, -0.1) is 0 Å². The molecule has 0 saturated carbocycles. The Hall–Kier alpha value is -6.79. The molecule has 4 N–H and O–H groups in total. The molecule has 0 radical (unpaired) electrons. The van der Waals surface area contributed by atoms with Gasteiger partial charge >= 0.3 is 23.8 Å². The number of pyridine rings is 1. The van der Waals surface area contributed by atoms with Crippen LogP contribution >= 0.6 is 0 Å². The van der Waals surface area contributed by atoms with Gasteiger partial charge in [0.05, 0.1) is 48.1 Å². The number of nitrogens with one attached hydrogen (secondary N) is 4. The van der Waals surface area contributed by atoms with Crippen molar-refractivity contribution < 1.29 is 50.2 Å². The maximum Gasteiger partial charge on any atom is 0.339 e. The molecule has 5 rings (SSSR count). The summed E-state index contributed by atoms with van der Waals surface area (Å²) < 4.78 is 67.8. The number of para-hydroxylation sites is 4. The van der Waals surface area contributed by atoms with Crippen molar-refractivity contribution in [2.75, 3.05) is 34.3 Å². The topological polar surface area (TPSA) is 230 Å². The van der Waals surface area contributed by atoms with Crippen LogP contribution < -0.4 is 24.8 Å². The third kappa shape index (κ3) is 8.24. The third-order valence-corrected chi connectivity index (χ3v) is 10.3. The van der Waals surface area contributed by atoms with E-state index in [4.69, 9.17) is 9.47 Å². The Labute approximate surface area is 303 Å². The number of carbonyl (C=O) groups is 4. The highest BCUT2D eigenvalue weighted by Gasteiger charge is 2.29. The minimum Gasteiger partial charge on any atom is -0.618 e.